The molecule has 0 amide bonds. The van der Waals surface area contributed by atoms with E-state index >= 15 is 0 Å². The van der Waals surface area contributed by atoms with Gasteiger partial charge in [-0.3, -0.25) is 4.79 Å². The summed E-state index contributed by atoms with van der Waals surface area (Å²) in [5.74, 6) is 0.328. The Hall–Kier alpha value is -2.65. The minimum absolute atomic E-state index is 0.0466. The lowest BCUT2D eigenvalue weighted by Crippen LogP contribution is -2.49. The van der Waals surface area contributed by atoms with Crippen molar-refractivity contribution in [3.63, 3.8) is 0 Å². The van der Waals surface area contributed by atoms with E-state index in [-0.39, 0.29) is 11.5 Å². The van der Waals surface area contributed by atoms with Crippen molar-refractivity contribution < 1.29 is 9.90 Å². The Bertz CT molecular complexity index is 947. The van der Waals surface area contributed by atoms with Crippen LogP contribution in [-0.4, -0.2) is 19.0 Å². The molecule has 24 heavy (non-hydrogen) atoms. The molecular formula is C21H18O2Si. The van der Waals surface area contributed by atoms with Crippen LogP contribution in [0.4, 0.5) is 0 Å². The van der Waals surface area contributed by atoms with Crippen LogP contribution < -0.4 is 5.19 Å². The van der Waals surface area contributed by atoms with Crippen LogP contribution in [0.3, 0.4) is 0 Å². The van der Waals surface area contributed by atoms with Crippen LogP contribution in [0.25, 0.3) is 5.57 Å². The molecular weight excluding hydrogens is 312 g/mol. The van der Waals surface area contributed by atoms with Gasteiger partial charge in [-0.15, -0.1) is 0 Å². The fraction of sp³-hybridized carbons (Fsp3) is 0.0952. The van der Waals surface area contributed by atoms with Crippen LogP contribution in [-0.2, 0) is 4.79 Å². The highest BCUT2D eigenvalue weighted by molar-refractivity contribution is 6.98. The minimum Gasteiger partial charge on any atom is -0.508 e. The van der Waals surface area contributed by atoms with Gasteiger partial charge in [0.15, 0.2) is 5.78 Å². The van der Waals surface area contributed by atoms with Gasteiger partial charge in [-0.25, -0.2) is 0 Å². The molecule has 2 aromatic carbocycles. The molecule has 0 unspecified atom stereocenters. The Balaban J connectivity index is 2.12. The van der Waals surface area contributed by atoms with E-state index in [1.165, 1.54) is 10.8 Å². The zero-order chi connectivity index (χ0) is 16.9. The number of hydrogen-bond acceptors (Lipinski definition) is 2. The highest BCUT2D eigenvalue weighted by Crippen LogP contribution is 2.41. The number of aromatic hydroxyl groups is 1. The van der Waals surface area contributed by atoms with Crippen molar-refractivity contribution in [2.75, 3.05) is 0 Å². The Kier molecular flexibility index (Phi) is 3.22. The maximum absolute atomic E-state index is 12.0. The fourth-order valence-electron chi connectivity index (χ4n) is 3.73. The number of ketones is 1. The predicted octanol–water partition coefficient (Wildman–Crippen LogP) is 3.73. The lowest BCUT2D eigenvalue weighted by Gasteiger charge is -2.37. The van der Waals surface area contributed by atoms with Crippen LogP contribution >= 0.6 is 0 Å². The van der Waals surface area contributed by atoms with Crippen molar-refractivity contribution in [2.45, 2.75) is 13.1 Å². The number of phenolic OH excluding ortho intramolecular Hbond substituents is 1. The molecule has 4 rings (SSSR count). The van der Waals surface area contributed by atoms with Gasteiger partial charge in [-0.05, 0) is 56.9 Å². The number of carbonyl (C=O) groups excluding carboxylic acids is 1. The lowest BCUT2D eigenvalue weighted by atomic mass is 9.90. The van der Waals surface area contributed by atoms with E-state index < -0.39 is 8.07 Å². The van der Waals surface area contributed by atoms with Crippen LogP contribution in [0.2, 0.25) is 13.1 Å². The molecule has 3 heteroatoms. The zero-order valence-corrected chi connectivity index (χ0v) is 14.7. The fourth-order valence-corrected chi connectivity index (χ4v) is 6.80. The third-order valence-corrected chi connectivity index (χ3v) is 8.46. The first-order valence-corrected chi connectivity index (χ1v) is 11.1. The minimum atomic E-state index is -2.05. The molecule has 0 spiro atoms. The number of allylic oxidation sites excluding steroid dienone is 5. The quantitative estimate of drug-likeness (QED) is 0.809. The summed E-state index contributed by atoms with van der Waals surface area (Å²) < 4.78 is 0. The third kappa shape index (κ3) is 2.13. The summed E-state index contributed by atoms with van der Waals surface area (Å²) in [6.07, 6.45) is 5.40. The first kappa shape index (κ1) is 14.9. The smallest absolute Gasteiger partial charge is 0.178 e. The standard InChI is InChI=1S/C21H18O2Si/c1-24(2)19-12-15(22)8-10-17(19)21(14-6-4-3-5-7-14)18-11-9-16(23)13-20(18)24/h3-13,22H,1-2H3. The van der Waals surface area contributed by atoms with Gasteiger partial charge in [0, 0.05) is 0 Å². The highest BCUT2D eigenvalue weighted by atomic mass is 28.3. The molecule has 2 nitrogen and oxygen atoms in total. The van der Waals surface area contributed by atoms with Crippen LogP contribution in [0, 0.1) is 0 Å². The molecule has 1 aliphatic heterocycles. The van der Waals surface area contributed by atoms with E-state index in [0.29, 0.717) is 0 Å². The van der Waals surface area contributed by atoms with E-state index in [4.69, 9.17) is 0 Å². The summed E-state index contributed by atoms with van der Waals surface area (Å²) in [4.78, 5) is 12.0. The number of phenols is 1. The van der Waals surface area contributed by atoms with Gasteiger partial charge in [0.1, 0.15) is 13.8 Å². The largest absolute Gasteiger partial charge is 0.508 e. The molecule has 0 fully saturated rings. The lowest BCUT2D eigenvalue weighted by molar-refractivity contribution is -0.110. The number of carbonyl (C=O) groups is 1. The van der Waals surface area contributed by atoms with E-state index in [1.807, 2.05) is 36.4 Å². The number of fused-ring (bicyclic) bond motifs is 2. The van der Waals surface area contributed by atoms with Crippen molar-refractivity contribution in [3.8, 4) is 5.75 Å². The van der Waals surface area contributed by atoms with Gasteiger partial charge in [-0.2, -0.15) is 0 Å². The molecule has 1 heterocycles. The molecule has 0 radical (unpaired) electrons. The Labute approximate surface area is 142 Å². The predicted molar refractivity (Wildman–Crippen MR) is 99.9 cm³/mol. The maximum Gasteiger partial charge on any atom is 0.178 e. The van der Waals surface area contributed by atoms with Crippen molar-refractivity contribution in [1.82, 2.24) is 0 Å². The Morgan fingerprint density at radius 2 is 1.71 bits per heavy atom. The highest BCUT2D eigenvalue weighted by Gasteiger charge is 2.39. The molecule has 2 aromatic rings. The molecule has 0 saturated carbocycles. The monoisotopic (exact) mass is 330 g/mol. The SMILES string of the molecule is C[Si]1(C)C2=CC(=O)C=CC2=C(c2ccccc2)c2ccc(O)cc21. The number of hydrogen-bond donors (Lipinski definition) is 1. The van der Waals surface area contributed by atoms with Crippen molar-refractivity contribution in [2.24, 2.45) is 0 Å². The van der Waals surface area contributed by atoms with Crippen LogP contribution in [0.1, 0.15) is 11.1 Å². The average molecular weight is 330 g/mol. The van der Waals surface area contributed by atoms with E-state index in [1.54, 1.807) is 18.2 Å². The van der Waals surface area contributed by atoms with E-state index in [9.17, 15) is 9.90 Å². The molecule has 1 aliphatic carbocycles. The van der Waals surface area contributed by atoms with Crippen molar-refractivity contribution in [3.05, 3.63) is 88.7 Å². The van der Waals surface area contributed by atoms with Crippen molar-refractivity contribution in [1.29, 1.82) is 0 Å². The topological polar surface area (TPSA) is 37.3 Å². The Morgan fingerprint density at radius 3 is 2.46 bits per heavy atom. The molecule has 118 valence electrons. The third-order valence-electron chi connectivity index (χ3n) is 4.94. The number of rotatable bonds is 1. The summed E-state index contributed by atoms with van der Waals surface area (Å²) in [7, 11) is -2.05. The molecule has 1 N–H and O–H groups in total. The Morgan fingerprint density at radius 1 is 0.958 bits per heavy atom. The van der Waals surface area contributed by atoms with Gasteiger partial charge in [0.2, 0.25) is 0 Å². The van der Waals surface area contributed by atoms with Gasteiger partial charge in [0.05, 0.1) is 0 Å². The van der Waals surface area contributed by atoms with E-state index in [0.717, 1.165) is 21.9 Å². The van der Waals surface area contributed by atoms with Gasteiger partial charge in [-0.1, -0.05) is 55.6 Å². The molecule has 0 atom stereocenters. The van der Waals surface area contributed by atoms with E-state index in [2.05, 4.69) is 25.2 Å². The normalized spacial score (nSPS) is 18.1. The first-order valence-electron chi connectivity index (χ1n) is 8.06. The second kappa shape index (κ2) is 5.18. The summed E-state index contributed by atoms with van der Waals surface area (Å²) in [6, 6.07) is 15.9. The summed E-state index contributed by atoms with van der Waals surface area (Å²) in [5, 5.41) is 12.4. The maximum atomic E-state index is 12.0. The van der Waals surface area contributed by atoms with Crippen LogP contribution in [0.5, 0.6) is 5.75 Å². The molecule has 2 aliphatic rings. The molecule has 0 bridgehead atoms. The van der Waals surface area contributed by atoms with Gasteiger partial charge in [0.25, 0.3) is 0 Å². The average Bonchev–Trinajstić information content (AvgIpc) is 2.57. The number of benzene rings is 2. The second-order valence-electron chi connectivity index (χ2n) is 6.80. The van der Waals surface area contributed by atoms with Crippen molar-refractivity contribution >= 4 is 24.6 Å². The summed E-state index contributed by atoms with van der Waals surface area (Å²) >= 11 is 0. The summed E-state index contributed by atoms with van der Waals surface area (Å²) in [6.45, 7) is 4.48. The second-order valence-corrected chi connectivity index (χ2v) is 11.1. The molecule has 0 aromatic heterocycles. The van der Waals surface area contributed by atoms with Gasteiger partial charge < -0.3 is 5.11 Å². The summed E-state index contributed by atoms with van der Waals surface area (Å²) in [5.41, 5.74) is 4.60. The van der Waals surface area contributed by atoms with Crippen LogP contribution in [0.15, 0.2) is 77.5 Å². The van der Waals surface area contributed by atoms with Gasteiger partial charge >= 0.3 is 0 Å². The first-order chi connectivity index (χ1) is 11.5. The zero-order valence-electron chi connectivity index (χ0n) is 13.7. The molecule has 0 saturated heterocycles.